The number of morpholine rings is 3. The van der Waals surface area contributed by atoms with Gasteiger partial charge in [0.05, 0.1) is 134 Å². The number of fused-ring (bicyclic) bond motifs is 6. The number of halogens is 6. The first kappa shape index (κ1) is 71.5. The fourth-order valence-corrected chi connectivity index (χ4v) is 14.5. The summed E-state index contributed by atoms with van der Waals surface area (Å²) in [6, 6.07) is 14.1. The summed E-state index contributed by atoms with van der Waals surface area (Å²) >= 11 is 6.55. The van der Waals surface area contributed by atoms with Gasteiger partial charge in [-0.2, -0.15) is 5.10 Å². The molecule has 0 aliphatic carbocycles. The Morgan fingerprint density at radius 3 is 1.74 bits per heavy atom. The molecule has 1 unspecified atom stereocenters. The number of hydrogen-bond acceptors (Lipinski definition) is 26. The second kappa shape index (κ2) is 32.6. The molecule has 27 nitrogen and oxygen atoms in total. The lowest BCUT2D eigenvalue weighted by Crippen LogP contribution is -2.37. The molecule has 10 aromatic rings. The summed E-state index contributed by atoms with van der Waals surface area (Å²) in [5.74, 6) is 3.18. The third kappa shape index (κ3) is 15.4. The molecule has 7 aliphatic rings. The smallest absolute Gasteiger partial charge is 0.203 e. The second-order valence-corrected chi connectivity index (χ2v) is 26.8. The van der Waals surface area contributed by atoms with E-state index in [-0.39, 0.29) is 39.7 Å². The molecule has 7 aromatic heterocycles. The highest BCUT2D eigenvalue weighted by atomic mass is 127. The Morgan fingerprint density at radius 1 is 0.539 bits per heavy atom. The van der Waals surface area contributed by atoms with Crippen molar-refractivity contribution in [3.63, 3.8) is 0 Å². The van der Waals surface area contributed by atoms with Crippen LogP contribution in [0.2, 0.25) is 0 Å². The Bertz CT molecular complexity index is 4950. The number of aromatic nitrogens is 12. The Balaban J connectivity index is 0.000000119. The summed E-state index contributed by atoms with van der Waals surface area (Å²) in [5.41, 5.74) is 9.95. The van der Waals surface area contributed by atoms with E-state index in [1.165, 1.54) is 48.8 Å². The highest BCUT2D eigenvalue weighted by Crippen LogP contribution is 2.37. The van der Waals surface area contributed by atoms with Crippen LogP contribution in [0.1, 0.15) is 83.2 Å². The summed E-state index contributed by atoms with van der Waals surface area (Å²) in [7, 11) is 3.60. The van der Waals surface area contributed by atoms with Gasteiger partial charge in [-0.15, -0.1) is 0 Å². The van der Waals surface area contributed by atoms with Crippen LogP contribution in [0.3, 0.4) is 0 Å². The van der Waals surface area contributed by atoms with E-state index in [1.807, 2.05) is 33.2 Å². The van der Waals surface area contributed by atoms with Gasteiger partial charge < -0.3 is 48.7 Å². The van der Waals surface area contributed by atoms with E-state index in [4.69, 9.17) is 23.4 Å². The normalized spacial score (nSPS) is 15.8. The first-order chi connectivity index (χ1) is 49.7. The first-order valence-corrected chi connectivity index (χ1v) is 35.9. The van der Waals surface area contributed by atoms with E-state index < -0.39 is 28.9 Å². The van der Waals surface area contributed by atoms with Gasteiger partial charge >= 0.3 is 0 Å². The minimum atomic E-state index is -0.705. The average Bonchev–Trinajstić information content (AvgIpc) is 1.15. The third-order valence-corrected chi connectivity index (χ3v) is 19.6. The number of aliphatic imine (C=N–C) groups is 4. The third-order valence-electron chi connectivity index (χ3n) is 17.1. The molecule has 14 heterocycles. The van der Waals surface area contributed by atoms with Crippen LogP contribution in [-0.4, -0.2) is 178 Å². The highest BCUT2D eigenvalue weighted by molar-refractivity contribution is 14.1. The number of anilines is 5. The Morgan fingerprint density at radius 2 is 1.10 bits per heavy atom. The van der Waals surface area contributed by atoms with Gasteiger partial charge in [0.15, 0.2) is 17.2 Å². The fourth-order valence-electron chi connectivity index (χ4n) is 12.3. The number of ether oxygens (including phenoxy) is 4. The van der Waals surface area contributed by atoms with Gasteiger partial charge in [-0.25, -0.2) is 67.7 Å². The minimum absolute atomic E-state index is 0.0705. The number of nitrogens with zero attached hydrogens (tertiary/aromatic N) is 19. The predicted molar refractivity (Wildman–Crippen MR) is 407 cm³/mol. The molecule has 7 aliphatic heterocycles. The lowest BCUT2D eigenvalue weighted by molar-refractivity contribution is 0.122. The second-order valence-electron chi connectivity index (χ2n) is 23.7. The summed E-state index contributed by atoms with van der Waals surface area (Å²) in [4.78, 5) is 80.6. The molecule has 3 aromatic carbocycles. The molecule has 0 saturated carbocycles. The molecule has 2 N–H and O–H groups in total. The summed E-state index contributed by atoms with van der Waals surface area (Å²) in [6.45, 7) is 17.6. The van der Waals surface area contributed by atoms with Gasteiger partial charge in [0.25, 0.3) is 0 Å². The molecule has 0 spiro atoms. The minimum Gasteiger partial charge on any atom is -0.488 e. The van der Waals surface area contributed by atoms with Crippen LogP contribution in [0.15, 0.2) is 121 Å². The molecule has 102 heavy (non-hydrogen) atoms. The highest BCUT2D eigenvalue weighted by Gasteiger charge is 2.31. The monoisotopic (exact) mass is 1720 g/mol. The predicted octanol–water partition coefficient (Wildman–Crippen LogP) is 10.2. The number of nitrogens with one attached hydrogen (secondary N) is 2. The van der Waals surface area contributed by atoms with Gasteiger partial charge in [-0.3, -0.25) is 24.8 Å². The molecule has 33 heteroatoms. The van der Waals surface area contributed by atoms with Crippen LogP contribution in [-0.2, 0) is 40.4 Å². The van der Waals surface area contributed by atoms with E-state index in [2.05, 4.69) is 168 Å². The van der Waals surface area contributed by atoms with Crippen LogP contribution < -0.4 is 35.5 Å². The van der Waals surface area contributed by atoms with Crippen molar-refractivity contribution in [3.8, 4) is 16.9 Å². The van der Waals surface area contributed by atoms with E-state index >= 15 is 0 Å². The Labute approximate surface area is 623 Å². The van der Waals surface area contributed by atoms with E-state index in [1.54, 1.807) is 56.1 Å². The first-order valence-electron chi connectivity index (χ1n) is 32.7. The SMILES string of the molecule is C1=NCc2ncnc(N3CCOCC3)c21.CC(C)Oc1ccc(C2=NCc3ncnc(N4CCOCC4)c32)cc1F.CNc1ncnc2c1C(I)=NC2.CNc1ncnc2c1c(I)nn2C(C)c1oc2cccc(F)c2c(=O)c1-c1cccc(F)c1.IC1=NCc2ncnc(N3CCOCC3)c21. The molecular weight excluding hydrogens is 1660 g/mol. The number of hydrogen-bond donors (Lipinski definition) is 2. The molecule has 526 valence electrons. The van der Waals surface area contributed by atoms with Crippen molar-refractivity contribution < 1.29 is 36.5 Å². The van der Waals surface area contributed by atoms with Crippen LogP contribution in [0.5, 0.6) is 5.75 Å². The Hall–Kier alpha value is -8.92. The van der Waals surface area contributed by atoms with Crippen molar-refractivity contribution in [3.05, 3.63) is 180 Å². The van der Waals surface area contributed by atoms with Gasteiger partial charge in [0.1, 0.15) is 106 Å². The quantitative estimate of drug-likeness (QED) is 0.114. The summed E-state index contributed by atoms with van der Waals surface area (Å²) in [5, 5.41) is 11.2. The van der Waals surface area contributed by atoms with Gasteiger partial charge in [-0.05, 0) is 137 Å². The van der Waals surface area contributed by atoms with Crippen molar-refractivity contribution in [2.45, 2.75) is 59.1 Å². The zero-order valence-electron chi connectivity index (χ0n) is 55.9. The van der Waals surface area contributed by atoms with Crippen molar-refractivity contribution in [2.24, 2.45) is 20.0 Å². The standard InChI is InChI=1S/C23H16F2IN5O2.C19H21FN4O2.C10H11IN4O.C10H12N4O.C7H7IN4/c1-11(31-23-18(21(26)30-31)22(27-2)28-10-29-23)20-16(12-5-3-6-13(24)9-12)19(32)17-14(25)7-4-8-15(17)33-20;1-12(2)26-16-4-3-13(9-14(16)20)18-17-15(10-21-18)22-11-23-19(17)24-5-7-25-8-6-24;11-9-8-7(5-12-9)13-6-14-10(8)15-1-3-16-4-2-15;1-3-15-4-2-14(1)10-8-5-11-6-9(8)12-7-13-10;1-9-7-5-4(11-3-12-7)2-10-6(5)8/h3-11H,1-2H3,(H,27,28,29);3-4,9,11-12H,5-8,10H2,1-2H3;6H,1-5H2;5,7H,1-4,6H2;3H,2H2,1H3,(H,9,11,12). The van der Waals surface area contributed by atoms with E-state index in [0.717, 1.165) is 147 Å². The largest absolute Gasteiger partial charge is 0.488 e. The van der Waals surface area contributed by atoms with Crippen LogP contribution in [0.4, 0.5) is 42.3 Å². The van der Waals surface area contributed by atoms with E-state index in [9.17, 15) is 18.0 Å². The molecule has 1 atom stereocenters. The maximum atomic E-state index is 14.6. The summed E-state index contributed by atoms with van der Waals surface area (Å²) < 4.78 is 75.1. The van der Waals surface area contributed by atoms with Crippen molar-refractivity contribution in [1.29, 1.82) is 0 Å². The van der Waals surface area contributed by atoms with E-state index in [0.29, 0.717) is 65.5 Å². The van der Waals surface area contributed by atoms with Crippen molar-refractivity contribution >= 4 is 138 Å². The van der Waals surface area contributed by atoms with Gasteiger partial charge in [-0.1, -0.05) is 18.2 Å². The fraction of sp³-hybridized carbons (Fsp3) is 0.333. The maximum Gasteiger partial charge on any atom is 0.203 e. The van der Waals surface area contributed by atoms with Crippen LogP contribution >= 0.6 is 67.8 Å². The van der Waals surface area contributed by atoms with Gasteiger partial charge in [0, 0.05) is 65.1 Å². The summed E-state index contributed by atoms with van der Waals surface area (Å²) in [6.07, 6.45) is 9.60. The van der Waals surface area contributed by atoms with Crippen LogP contribution in [0, 0.1) is 21.2 Å². The molecule has 17 rings (SSSR count). The molecular formula is C69H67F3I3N21O6. The van der Waals surface area contributed by atoms with Crippen molar-refractivity contribution in [2.75, 3.05) is 118 Å². The molecule has 0 radical (unpaired) electrons. The molecule has 3 fully saturated rings. The lowest BCUT2D eigenvalue weighted by Gasteiger charge is -2.29. The lowest BCUT2D eigenvalue weighted by atomic mass is 9.99. The topological polar surface area (TPSA) is 297 Å². The molecule has 0 bridgehead atoms. The van der Waals surface area contributed by atoms with Gasteiger partial charge in [0.2, 0.25) is 5.43 Å². The zero-order chi connectivity index (χ0) is 71.0. The maximum absolute atomic E-state index is 14.6. The van der Waals surface area contributed by atoms with Crippen LogP contribution in [0.25, 0.3) is 33.1 Å². The number of rotatable bonds is 11. The molecule has 3 saturated heterocycles. The number of benzene rings is 3. The van der Waals surface area contributed by atoms with Crippen molar-refractivity contribution in [1.82, 2.24) is 59.6 Å². The average molecular weight is 1720 g/mol. The molecule has 0 amide bonds. The Kier molecular flexibility index (Phi) is 22.8. The zero-order valence-corrected chi connectivity index (χ0v) is 62.4.